The average molecular weight is 651 g/mol. The summed E-state index contributed by atoms with van der Waals surface area (Å²) >= 11 is 0.786. The monoisotopic (exact) mass is 650 g/mol. The van der Waals surface area contributed by atoms with E-state index in [1.54, 1.807) is 6.07 Å². The normalized spacial score (nSPS) is 14.3. The third kappa shape index (κ3) is 6.27. The lowest BCUT2D eigenvalue weighted by Crippen LogP contribution is -2.44. The minimum absolute atomic E-state index is 0.0844. The van der Waals surface area contributed by atoms with Gasteiger partial charge in [-0.3, -0.25) is 15.2 Å². The van der Waals surface area contributed by atoms with Gasteiger partial charge in [-0.25, -0.2) is 27.2 Å². The van der Waals surface area contributed by atoms with Gasteiger partial charge in [0.2, 0.25) is 26.9 Å². The molecule has 1 saturated heterocycles. The van der Waals surface area contributed by atoms with E-state index in [2.05, 4.69) is 30.8 Å². The molecule has 1 aliphatic rings. The van der Waals surface area contributed by atoms with E-state index in [9.17, 15) is 22.9 Å². The molecule has 0 spiro atoms. The molecule has 2 aromatic carbocycles. The Morgan fingerprint density at radius 1 is 1.16 bits per heavy atom. The van der Waals surface area contributed by atoms with Crippen LogP contribution < -0.4 is 20.3 Å². The molecule has 18 heteroatoms. The van der Waals surface area contributed by atoms with Crippen molar-refractivity contribution >= 4 is 44.7 Å². The zero-order valence-electron chi connectivity index (χ0n) is 23.2. The molecule has 0 aliphatic carbocycles. The lowest BCUT2D eigenvalue weighted by Gasteiger charge is -2.30. The molecule has 1 fully saturated rings. The smallest absolute Gasteiger partial charge is 0.305 e. The minimum atomic E-state index is -5.00. The molecule has 0 radical (unpaired) electrons. The molecule has 44 heavy (non-hydrogen) atoms. The van der Waals surface area contributed by atoms with Gasteiger partial charge in [0.15, 0.2) is 22.6 Å². The highest BCUT2D eigenvalue weighted by Crippen LogP contribution is 2.40. The Hall–Kier alpha value is -4.42. The number of halogens is 3. The van der Waals surface area contributed by atoms with Crippen LogP contribution in [0, 0.1) is 28.7 Å². The SMILES string of the molecule is COc1c(Nc2cc(C)[nH]n2)nc(Sc2ccc(S(=O)(=O)C(F)c3cccc([N+](=O)[O-])c3F)cc2F)nc1N1CCNCC1. The van der Waals surface area contributed by atoms with Gasteiger partial charge in [-0.15, -0.1) is 0 Å². The Kier molecular flexibility index (Phi) is 8.93. The van der Waals surface area contributed by atoms with Crippen LogP contribution in [0.5, 0.6) is 5.75 Å². The summed E-state index contributed by atoms with van der Waals surface area (Å²) in [6, 6.07) is 6.90. The zero-order chi connectivity index (χ0) is 31.6. The first-order valence-electron chi connectivity index (χ1n) is 13.0. The highest BCUT2D eigenvalue weighted by atomic mass is 32.2. The molecule has 0 bridgehead atoms. The predicted molar refractivity (Wildman–Crippen MR) is 155 cm³/mol. The molecule has 13 nitrogen and oxygen atoms in total. The fourth-order valence-electron chi connectivity index (χ4n) is 4.41. The number of anilines is 3. The van der Waals surface area contributed by atoms with Crippen LogP contribution in [-0.2, 0) is 9.84 Å². The highest BCUT2D eigenvalue weighted by Gasteiger charge is 2.34. The maximum atomic E-state index is 15.3. The number of sulfone groups is 1. The Morgan fingerprint density at radius 2 is 1.91 bits per heavy atom. The van der Waals surface area contributed by atoms with Crippen molar-refractivity contribution in [2.24, 2.45) is 0 Å². The number of benzene rings is 2. The first-order valence-corrected chi connectivity index (χ1v) is 15.3. The van der Waals surface area contributed by atoms with E-state index >= 15 is 8.78 Å². The van der Waals surface area contributed by atoms with Crippen LogP contribution in [0.4, 0.5) is 36.3 Å². The number of ether oxygens (including phenoxy) is 1. The number of hydrogen-bond acceptors (Lipinski definition) is 12. The average Bonchev–Trinajstić information content (AvgIpc) is 3.42. The summed E-state index contributed by atoms with van der Waals surface area (Å²) in [5, 5.41) is 24.4. The van der Waals surface area contributed by atoms with E-state index in [1.165, 1.54) is 7.11 Å². The second-order valence-corrected chi connectivity index (χ2v) is 12.5. The van der Waals surface area contributed by atoms with E-state index in [-0.39, 0.29) is 15.9 Å². The molecule has 1 unspecified atom stereocenters. The molecular formula is C26H25F3N8O5S2. The summed E-state index contributed by atoms with van der Waals surface area (Å²) in [5.74, 6) is -1.19. The third-order valence-corrected chi connectivity index (χ3v) is 9.18. The van der Waals surface area contributed by atoms with Crippen LogP contribution in [0.1, 0.15) is 16.8 Å². The van der Waals surface area contributed by atoms with Gasteiger partial charge in [0.25, 0.3) is 0 Å². The number of aromatic nitrogens is 4. The lowest BCUT2D eigenvalue weighted by atomic mass is 10.2. The number of alkyl halides is 1. The Labute approximate surface area is 253 Å². The molecule has 3 N–H and O–H groups in total. The van der Waals surface area contributed by atoms with Crippen LogP contribution in [0.3, 0.4) is 0 Å². The van der Waals surface area contributed by atoms with Crippen LogP contribution in [0.2, 0.25) is 0 Å². The Morgan fingerprint density at radius 3 is 2.55 bits per heavy atom. The third-order valence-electron chi connectivity index (χ3n) is 6.56. The number of hydrogen-bond donors (Lipinski definition) is 3. The van der Waals surface area contributed by atoms with Crippen LogP contribution in [0.25, 0.3) is 0 Å². The summed E-state index contributed by atoms with van der Waals surface area (Å²) in [6.45, 7) is 4.42. The van der Waals surface area contributed by atoms with E-state index < -0.39 is 48.0 Å². The molecule has 232 valence electrons. The number of H-pyrrole nitrogens is 1. The summed E-state index contributed by atoms with van der Waals surface area (Å²) in [5.41, 5.74) is -4.38. The number of nitro groups is 1. The summed E-state index contributed by atoms with van der Waals surface area (Å²) < 4.78 is 76.6. The lowest BCUT2D eigenvalue weighted by molar-refractivity contribution is -0.387. The Balaban J connectivity index is 1.48. The van der Waals surface area contributed by atoms with Crippen molar-refractivity contribution in [2.75, 3.05) is 43.5 Å². The van der Waals surface area contributed by atoms with Gasteiger partial charge in [0.1, 0.15) is 5.82 Å². The second-order valence-electron chi connectivity index (χ2n) is 9.50. The maximum absolute atomic E-state index is 15.3. The number of nitro benzene ring substituents is 1. The van der Waals surface area contributed by atoms with Gasteiger partial charge in [-0.2, -0.15) is 9.49 Å². The summed E-state index contributed by atoms with van der Waals surface area (Å²) in [4.78, 5) is 20.1. The van der Waals surface area contributed by atoms with Crippen molar-refractivity contribution < 1.29 is 31.2 Å². The molecule has 1 atom stereocenters. The van der Waals surface area contributed by atoms with E-state index in [4.69, 9.17) is 4.74 Å². The summed E-state index contributed by atoms with van der Waals surface area (Å²) in [7, 11) is -3.53. The maximum Gasteiger partial charge on any atom is 0.305 e. The fraction of sp³-hybridized carbons (Fsp3) is 0.269. The summed E-state index contributed by atoms with van der Waals surface area (Å²) in [6.07, 6.45) is 0. The van der Waals surface area contributed by atoms with Crippen LogP contribution in [0.15, 0.2) is 57.4 Å². The van der Waals surface area contributed by atoms with Gasteiger partial charge < -0.3 is 20.3 Å². The molecule has 2 aromatic heterocycles. The van der Waals surface area contributed by atoms with Gasteiger partial charge in [0.05, 0.1) is 21.8 Å². The van der Waals surface area contributed by atoms with E-state index in [1.807, 2.05) is 11.8 Å². The molecule has 0 saturated carbocycles. The van der Waals surface area contributed by atoms with Crippen molar-refractivity contribution in [2.45, 2.75) is 27.4 Å². The number of piperazine rings is 1. The van der Waals surface area contributed by atoms with Crippen molar-refractivity contribution in [3.63, 3.8) is 0 Å². The first kappa shape index (κ1) is 31.0. The van der Waals surface area contributed by atoms with Crippen molar-refractivity contribution in [3.8, 4) is 5.75 Å². The number of rotatable bonds is 10. The van der Waals surface area contributed by atoms with Crippen molar-refractivity contribution in [1.82, 2.24) is 25.5 Å². The number of methoxy groups -OCH3 is 1. The van der Waals surface area contributed by atoms with E-state index in [0.717, 1.165) is 47.8 Å². The topological polar surface area (TPSA) is 168 Å². The van der Waals surface area contributed by atoms with E-state index in [0.29, 0.717) is 49.6 Å². The van der Waals surface area contributed by atoms with Crippen molar-refractivity contribution in [3.05, 3.63) is 75.5 Å². The molecule has 4 aromatic rings. The quantitative estimate of drug-likeness (QED) is 0.125. The molecule has 0 amide bonds. The second kappa shape index (κ2) is 12.7. The Bertz CT molecular complexity index is 1820. The van der Waals surface area contributed by atoms with Gasteiger partial charge >= 0.3 is 5.69 Å². The highest BCUT2D eigenvalue weighted by molar-refractivity contribution is 7.99. The minimum Gasteiger partial charge on any atom is -0.490 e. The largest absolute Gasteiger partial charge is 0.490 e. The van der Waals surface area contributed by atoms with Crippen LogP contribution >= 0.6 is 11.8 Å². The number of aryl methyl sites for hydroxylation is 1. The standard InChI is InChI=1S/C26H25F3N8O5S2/c1-14-12-20(35-34-14)31-24-22(42-2)25(36-10-8-30-9-11-36)33-26(32-24)43-19-7-6-15(13-17(19)27)44(40,41)23(29)16-4-3-5-18(21(16)28)37(38)39/h3-7,12-13,23,30H,8-11H2,1-2H3,(H2,31,32,33,34,35). The van der Waals surface area contributed by atoms with Crippen molar-refractivity contribution in [1.29, 1.82) is 0 Å². The molecular weight excluding hydrogens is 625 g/mol. The number of nitrogens with one attached hydrogen (secondary N) is 3. The van der Waals surface area contributed by atoms with Gasteiger partial charge in [-0.1, -0.05) is 12.1 Å². The number of nitrogens with zero attached hydrogens (tertiary/aromatic N) is 5. The fourth-order valence-corrected chi connectivity index (χ4v) is 6.45. The number of aromatic amines is 1. The van der Waals surface area contributed by atoms with Gasteiger partial charge in [0, 0.05) is 49.6 Å². The predicted octanol–water partition coefficient (Wildman–Crippen LogP) is 4.45. The first-order chi connectivity index (χ1) is 21.0. The molecule has 1 aliphatic heterocycles. The zero-order valence-corrected chi connectivity index (χ0v) is 24.8. The van der Waals surface area contributed by atoms with Gasteiger partial charge in [-0.05, 0) is 36.9 Å². The molecule has 5 rings (SSSR count). The molecule has 3 heterocycles. The van der Waals surface area contributed by atoms with Crippen LogP contribution in [-0.4, -0.2) is 66.8 Å².